The molecule has 1 aromatic heterocycles. The van der Waals surface area contributed by atoms with Crippen LogP contribution in [0.25, 0.3) is 0 Å². The molecule has 1 aromatic carbocycles. The first kappa shape index (κ1) is 19.0. The van der Waals surface area contributed by atoms with E-state index < -0.39 is 12.4 Å². The van der Waals surface area contributed by atoms with Gasteiger partial charge >= 0.3 is 12.6 Å². The van der Waals surface area contributed by atoms with E-state index in [1.165, 1.54) is 12.1 Å². The number of aromatic nitrogens is 3. The van der Waals surface area contributed by atoms with E-state index >= 15 is 0 Å². The van der Waals surface area contributed by atoms with Crippen LogP contribution in [0.15, 0.2) is 30.6 Å². The normalized spacial score (nSPS) is 17.2. The number of carbonyl (C=O) groups is 1. The quantitative estimate of drug-likeness (QED) is 0.833. The van der Waals surface area contributed by atoms with Crippen LogP contribution in [0.3, 0.4) is 0 Å². The smallest absolute Gasteiger partial charge is 0.387 e. The summed E-state index contributed by atoms with van der Waals surface area (Å²) in [5.74, 6) is -0.762. The predicted octanol–water partition coefficient (Wildman–Crippen LogP) is 2.64. The standard InChI is InChI=1S/C17H20F3N5O2/c18-14-4-1-5-15(27-16(19)20)13(14)9-21-17(26)24-7-2-3-12(10-24)11-25-8-6-22-23-25/h1,4-6,8,12,16H,2-3,7,9-11H2,(H,21,26). The summed E-state index contributed by atoms with van der Waals surface area (Å²) in [6, 6.07) is 3.28. The van der Waals surface area contributed by atoms with Crippen LogP contribution in [-0.2, 0) is 13.1 Å². The first-order valence-corrected chi connectivity index (χ1v) is 8.62. The maximum absolute atomic E-state index is 14.0. The Hall–Kier alpha value is -2.78. The van der Waals surface area contributed by atoms with Gasteiger partial charge in [0.15, 0.2) is 0 Å². The molecule has 1 N–H and O–H groups in total. The molecule has 0 spiro atoms. The highest BCUT2D eigenvalue weighted by Crippen LogP contribution is 2.24. The van der Waals surface area contributed by atoms with Gasteiger partial charge in [0.25, 0.3) is 0 Å². The van der Waals surface area contributed by atoms with Crippen LogP contribution in [0.4, 0.5) is 18.0 Å². The lowest BCUT2D eigenvalue weighted by Gasteiger charge is -2.32. The number of hydrogen-bond acceptors (Lipinski definition) is 4. The molecule has 3 rings (SSSR count). The lowest BCUT2D eigenvalue weighted by molar-refractivity contribution is -0.0506. The lowest BCUT2D eigenvalue weighted by Crippen LogP contribution is -2.46. The number of alkyl halides is 2. The fourth-order valence-electron chi connectivity index (χ4n) is 3.19. The molecular weight excluding hydrogens is 363 g/mol. The largest absolute Gasteiger partial charge is 0.434 e. The molecule has 1 unspecified atom stereocenters. The molecule has 2 heterocycles. The number of benzene rings is 1. The zero-order valence-corrected chi connectivity index (χ0v) is 14.5. The zero-order valence-electron chi connectivity index (χ0n) is 14.5. The summed E-state index contributed by atoms with van der Waals surface area (Å²) < 4.78 is 44.9. The maximum atomic E-state index is 14.0. The van der Waals surface area contributed by atoms with Gasteiger partial charge in [-0.15, -0.1) is 5.10 Å². The molecule has 2 amide bonds. The van der Waals surface area contributed by atoms with Gasteiger partial charge in [0.05, 0.1) is 12.7 Å². The molecule has 1 saturated heterocycles. The van der Waals surface area contributed by atoms with Crippen molar-refractivity contribution in [2.75, 3.05) is 13.1 Å². The number of halogens is 3. The highest BCUT2D eigenvalue weighted by molar-refractivity contribution is 5.74. The van der Waals surface area contributed by atoms with E-state index in [2.05, 4.69) is 20.4 Å². The number of nitrogens with one attached hydrogen (secondary N) is 1. The van der Waals surface area contributed by atoms with Crippen LogP contribution in [0, 0.1) is 11.7 Å². The monoisotopic (exact) mass is 383 g/mol. The van der Waals surface area contributed by atoms with Crippen molar-refractivity contribution in [3.63, 3.8) is 0 Å². The summed E-state index contributed by atoms with van der Waals surface area (Å²) in [6.07, 6.45) is 5.16. The van der Waals surface area contributed by atoms with Gasteiger partial charge in [-0.1, -0.05) is 11.3 Å². The van der Waals surface area contributed by atoms with E-state index in [0.717, 1.165) is 18.9 Å². The summed E-state index contributed by atoms with van der Waals surface area (Å²) in [5.41, 5.74) is -0.109. The number of urea groups is 1. The van der Waals surface area contributed by atoms with E-state index in [0.29, 0.717) is 19.6 Å². The lowest BCUT2D eigenvalue weighted by atomic mass is 9.98. The molecule has 0 aliphatic carbocycles. The third kappa shape index (κ3) is 5.11. The van der Waals surface area contributed by atoms with Crippen LogP contribution < -0.4 is 10.1 Å². The summed E-state index contributed by atoms with van der Waals surface area (Å²) in [6.45, 7) is -1.54. The third-order valence-electron chi connectivity index (χ3n) is 4.43. The molecule has 10 heteroatoms. The molecule has 27 heavy (non-hydrogen) atoms. The average molecular weight is 383 g/mol. The maximum Gasteiger partial charge on any atom is 0.387 e. The number of rotatable bonds is 6. The number of amides is 2. The molecule has 7 nitrogen and oxygen atoms in total. The van der Waals surface area contributed by atoms with E-state index in [1.54, 1.807) is 22.0 Å². The van der Waals surface area contributed by atoms with Crippen LogP contribution in [-0.4, -0.2) is 45.6 Å². The van der Waals surface area contributed by atoms with Crippen molar-refractivity contribution < 1.29 is 22.7 Å². The minimum Gasteiger partial charge on any atom is -0.434 e. The van der Waals surface area contributed by atoms with Gasteiger partial charge in [-0.2, -0.15) is 8.78 Å². The molecule has 1 fully saturated rings. The Kier molecular flexibility index (Phi) is 6.15. The number of piperidine rings is 1. The number of likely N-dealkylation sites (tertiary alicyclic amines) is 1. The Morgan fingerprint density at radius 1 is 1.41 bits per heavy atom. The van der Waals surface area contributed by atoms with E-state index in [9.17, 15) is 18.0 Å². The molecule has 1 atom stereocenters. The predicted molar refractivity (Wildman–Crippen MR) is 89.6 cm³/mol. The van der Waals surface area contributed by atoms with Crippen LogP contribution in [0.2, 0.25) is 0 Å². The van der Waals surface area contributed by atoms with Crippen molar-refractivity contribution in [2.24, 2.45) is 5.92 Å². The van der Waals surface area contributed by atoms with Gasteiger partial charge in [0, 0.05) is 31.4 Å². The minimum absolute atomic E-state index is 0.109. The van der Waals surface area contributed by atoms with Crippen molar-refractivity contribution in [1.82, 2.24) is 25.2 Å². The molecule has 0 radical (unpaired) electrons. The number of ether oxygens (including phenoxy) is 1. The van der Waals surface area contributed by atoms with Crippen molar-refractivity contribution in [3.05, 3.63) is 42.0 Å². The Labute approximate surface area is 154 Å². The Balaban J connectivity index is 1.57. The molecule has 146 valence electrons. The SMILES string of the molecule is O=C(NCc1c(F)cccc1OC(F)F)N1CCCC(Cn2ccnn2)C1. The average Bonchev–Trinajstić information content (AvgIpc) is 3.14. The first-order chi connectivity index (χ1) is 13.0. The van der Waals surface area contributed by atoms with Gasteiger partial charge in [-0.3, -0.25) is 4.68 Å². The number of carbonyl (C=O) groups excluding carboxylic acids is 1. The zero-order chi connectivity index (χ0) is 19.2. The van der Waals surface area contributed by atoms with Crippen molar-refractivity contribution in [2.45, 2.75) is 32.5 Å². The summed E-state index contributed by atoms with van der Waals surface area (Å²) in [7, 11) is 0. The molecule has 1 aliphatic rings. The second-order valence-corrected chi connectivity index (χ2v) is 6.33. The van der Waals surface area contributed by atoms with Gasteiger partial charge in [-0.25, -0.2) is 9.18 Å². The molecule has 1 aliphatic heterocycles. The summed E-state index contributed by atoms with van der Waals surface area (Å²) in [4.78, 5) is 14.1. The Morgan fingerprint density at radius 3 is 3.00 bits per heavy atom. The molecule has 2 aromatic rings. The molecular formula is C17H20F3N5O2. The fourth-order valence-corrected chi connectivity index (χ4v) is 3.19. The van der Waals surface area contributed by atoms with E-state index in [-0.39, 0.29) is 29.8 Å². The van der Waals surface area contributed by atoms with Crippen LogP contribution >= 0.6 is 0 Å². The highest BCUT2D eigenvalue weighted by atomic mass is 19.3. The van der Waals surface area contributed by atoms with Crippen LogP contribution in [0.5, 0.6) is 5.75 Å². The van der Waals surface area contributed by atoms with Crippen molar-refractivity contribution >= 4 is 6.03 Å². The van der Waals surface area contributed by atoms with Gasteiger partial charge in [0.2, 0.25) is 0 Å². The molecule has 0 saturated carbocycles. The summed E-state index contributed by atoms with van der Waals surface area (Å²) in [5, 5.41) is 10.3. The topological polar surface area (TPSA) is 72.3 Å². The van der Waals surface area contributed by atoms with Gasteiger partial charge in [0.1, 0.15) is 11.6 Å². The Bertz CT molecular complexity index is 757. The third-order valence-corrected chi connectivity index (χ3v) is 4.43. The van der Waals surface area contributed by atoms with E-state index in [4.69, 9.17) is 0 Å². The van der Waals surface area contributed by atoms with Gasteiger partial charge in [-0.05, 0) is 30.9 Å². The van der Waals surface area contributed by atoms with Crippen molar-refractivity contribution in [3.8, 4) is 5.75 Å². The number of nitrogens with zero attached hydrogens (tertiary/aromatic N) is 4. The molecule has 0 bridgehead atoms. The van der Waals surface area contributed by atoms with Crippen LogP contribution in [0.1, 0.15) is 18.4 Å². The fraction of sp³-hybridized carbons (Fsp3) is 0.471. The minimum atomic E-state index is -3.07. The van der Waals surface area contributed by atoms with Gasteiger partial charge < -0.3 is 15.0 Å². The van der Waals surface area contributed by atoms with Crippen molar-refractivity contribution in [1.29, 1.82) is 0 Å². The highest BCUT2D eigenvalue weighted by Gasteiger charge is 2.24. The second-order valence-electron chi connectivity index (χ2n) is 6.33. The summed E-state index contributed by atoms with van der Waals surface area (Å²) >= 11 is 0. The van der Waals surface area contributed by atoms with E-state index in [1.807, 2.05) is 0 Å². The second kappa shape index (κ2) is 8.74. The number of hydrogen-bond donors (Lipinski definition) is 1. The Morgan fingerprint density at radius 2 is 2.26 bits per heavy atom. The first-order valence-electron chi connectivity index (χ1n) is 8.62.